The molecule has 1 N–H and O–H groups in total. The van der Waals surface area contributed by atoms with E-state index in [1.165, 1.54) is 7.11 Å². The summed E-state index contributed by atoms with van der Waals surface area (Å²) in [7, 11) is 1.34. The first-order chi connectivity index (χ1) is 14.1. The predicted octanol–water partition coefficient (Wildman–Crippen LogP) is 2.77. The Balaban J connectivity index is 1.40. The zero-order chi connectivity index (χ0) is 20.3. The number of hydrogen-bond acceptors (Lipinski definition) is 5. The van der Waals surface area contributed by atoms with Gasteiger partial charge in [0.05, 0.1) is 24.8 Å². The normalized spacial score (nSPS) is 21.6. The molecule has 0 radical (unpaired) electrons. The van der Waals surface area contributed by atoms with E-state index in [0.717, 1.165) is 24.0 Å². The van der Waals surface area contributed by atoms with Crippen LogP contribution in [0.5, 0.6) is 0 Å². The fraction of sp³-hybridized carbons (Fsp3) is 0.348. The molecule has 1 fully saturated rings. The van der Waals surface area contributed by atoms with Gasteiger partial charge in [-0.2, -0.15) is 0 Å². The lowest BCUT2D eigenvalue weighted by Gasteiger charge is -2.23. The van der Waals surface area contributed by atoms with E-state index >= 15 is 0 Å². The molecule has 29 heavy (non-hydrogen) atoms. The first-order valence-electron chi connectivity index (χ1n) is 9.78. The molecule has 1 saturated carbocycles. The highest BCUT2D eigenvalue weighted by Gasteiger charge is 2.52. The van der Waals surface area contributed by atoms with Crippen LogP contribution in [0.2, 0.25) is 0 Å². The highest BCUT2D eigenvalue weighted by molar-refractivity contribution is 5.98. The van der Waals surface area contributed by atoms with Crippen molar-refractivity contribution in [2.24, 2.45) is 5.16 Å². The average Bonchev–Trinajstić information content (AvgIpc) is 3.49. The molecular weight excluding hydrogens is 368 g/mol. The number of esters is 1. The Kier molecular flexibility index (Phi) is 5.09. The fourth-order valence-electron chi connectivity index (χ4n) is 3.91. The number of rotatable bonds is 7. The van der Waals surface area contributed by atoms with Crippen LogP contribution in [0.15, 0.2) is 65.8 Å². The SMILES string of the molecule is COC(=O)C1(Cc2ccccc2)CC(CNC(=O)C2(c3ccccc3)CC2)=NO1. The molecule has 1 heterocycles. The average molecular weight is 392 g/mol. The Morgan fingerprint density at radius 1 is 1.07 bits per heavy atom. The second kappa shape index (κ2) is 7.70. The van der Waals surface area contributed by atoms with Gasteiger partial charge in [-0.25, -0.2) is 4.79 Å². The number of carbonyl (C=O) groups is 2. The molecule has 1 unspecified atom stereocenters. The summed E-state index contributed by atoms with van der Waals surface area (Å²) in [6.45, 7) is 0.251. The summed E-state index contributed by atoms with van der Waals surface area (Å²) in [6.07, 6.45) is 2.32. The lowest BCUT2D eigenvalue weighted by Crippen LogP contribution is -2.44. The standard InChI is InChI=1S/C23H24N2O4/c1-28-21(27)23(14-17-8-4-2-5-9-17)15-19(25-29-23)16-24-20(26)22(12-13-22)18-10-6-3-7-11-18/h2-11H,12-16H2,1H3,(H,24,26). The second-order valence-electron chi connectivity index (χ2n) is 7.70. The summed E-state index contributed by atoms with van der Waals surface area (Å²) in [4.78, 5) is 30.9. The number of benzene rings is 2. The molecule has 1 amide bonds. The molecule has 0 aromatic heterocycles. The van der Waals surface area contributed by atoms with Gasteiger partial charge in [-0.1, -0.05) is 65.8 Å². The zero-order valence-corrected chi connectivity index (χ0v) is 16.4. The number of nitrogens with zero attached hydrogens (tertiary/aromatic N) is 1. The molecule has 6 heteroatoms. The molecule has 1 atom stereocenters. The smallest absolute Gasteiger partial charge is 0.353 e. The molecule has 1 aliphatic heterocycles. The van der Waals surface area contributed by atoms with Crippen LogP contribution < -0.4 is 5.32 Å². The van der Waals surface area contributed by atoms with E-state index < -0.39 is 17.0 Å². The van der Waals surface area contributed by atoms with Gasteiger partial charge in [-0.3, -0.25) is 4.79 Å². The molecule has 1 aliphatic carbocycles. The van der Waals surface area contributed by atoms with E-state index in [1.807, 2.05) is 60.7 Å². The first kappa shape index (κ1) is 19.2. The Labute approximate surface area is 169 Å². The van der Waals surface area contributed by atoms with Crippen LogP contribution in [-0.2, 0) is 31.0 Å². The number of nitrogens with one attached hydrogen (secondary N) is 1. The van der Waals surface area contributed by atoms with Crippen molar-refractivity contribution in [3.05, 3.63) is 71.8 Å². The van der Waals surface area contributed by atoms with E-state index in [0.29, 0.717) is 12.1 Å². The lowest BCUT2D eigenvalue weighted by molar-refractivity contribution is -0.166. The minimum Gasteiger partial charge on any atom is -0.466 e. The van der Waals surface area contributed by atoms with Gasteiger partial charge in [0.25, 0.3) is 0 Å². The summed E-state index contributed by atoms with van der Waals surface area (Å²) in [5.41, 5.74) is 0.996. The summed E-state index contributed by atoms with van der Waals surface area (Å²) in [5, 5.41) is 7.09. The topological polar surface area (TPSA) is 77.0 Å². The van der Waals surface area contributed by atoms with Crippen LogP contribution in [0.4, 0.5) is 0 Å². The van der Waals surface area contributed by atoms with Crippen LogP contribution in [0, 0.1) is 0 Å². The highest BCUT2D eigenvalue weighted by Crippen LogP contribution is 2.48. The number of ether oxygens (including phenoxy) is 1. The van der Waals surface area contributed by atoms with Gasteiger partial charge in [-0.15, -0.1) is 0 Å². The second-order valence-corrected chi connectivity index (χ2v) is 7.70. The van der Waals surface area contributed by atoms with Gasteiger partial charge in [-0.05, 0) is 24.0 Å². The Bertz CT molecular complexity index is 922. The maximum Gasteiger partial charge on any atom is 0.353 e. The lowest BCUT2D eigenvalue weighted by atomic mass is 9.89. The highest BCUT2D eigenvalue weighted by atomic mass is 16.7. The fourth-order valence-corrected chi connectivity index (χ4v) is 3.91. The van der Waals surface area contributed by atoms with Crippen molar-refractivity contribution in [3.8, 4) is 0 Å². The van der Waals surface area contributed by atoms with Crippen LogP contribution in [0.25, 0.3) is 0 Å². The van der Waals surface area contributed by atoms with Crippen LogP contribution in [0.3, 0.4) is 0 Å². The van der Waals surface area contributed by atoms with Gasteiger partial charge in [0.15, 0.2) is 0 Å². The van der Waals surface area contributed by atoms with E-state index in [2.05, 4.69) is 10.5 Å². The van der Waals surface area contributed by atoms with Gasteiger partial charge >= 0.3 is 5.97 Å². The van der Waals surface area contributed by atoms with E-state index in [9.17, 15) is 9.59 Å². The van der Waals surface area contributed by atoms with Crippen molar-refractivity contribution >= 4 is 17.6 Å². The molecule has 0 saturated heterocycles. The molecular formula is C23H24N2O4. The number of methoxy groups -OCH3 is 1. The Morgan fingerprint density at radius 2 is 1.72 bits per heavy atom. The van der Waals surface area contributed by atoms with Gasteiger partial charge in [0.2, 0.25) is 11.5 Å². The Morgan fingerprint density at radius 3 is 2.34 bits per heavy atom. The molecule has 0 spiro atoms. The molecule has 4 rings (SSSR count). The maximum atomic E-state index is 12.8. The summed E-state index contributed by atoms with van der Waals surface area (Å²) >= 11 is 0. The monoisotopic (exact) mass is 392 g/mol. The molecule has 150 valence electrons. The summed E-state index contributed by atoms with van der Waals surface area (Å²) < 4.78 is 4.98. The van der Waals surface area contributed by atoms with E-state index in [-0.39, 0.29) is 18.9 Å². The molecule has 2 aliphatic rings. The van der Waals surface area contributed by atoms with Crippen LogP contribution >= 0.6 is 0 Å². The zero-order valence-electron chi connectivity index (χ0n) is 16.4. The van der Waals surface area contributed by atoms with Crippen molar-refractivity contribution < 1.29 is 19.2 Å². The first-order valence-corrected chi connectivity index (χ1v) is 9.78. The quantitative estimate of drug-likeness (QED) is 0.735. The van der Waals surface area contributed by atoms with Crippen molar-refractivity contribution in [2.75, 3.05) is 13.7 Å². The molecule has 0 bridgehead atoms. The minimum absolute atomic E-state index is 0.00923. The van der Waals surface area contributed by atoms with Crippen molar-refractivity contribution in [1.29, 1.82) is 0 Å². The molecule has 6 nitrogen and oxygen atoms in total. The van der Waals surface area contributed by atoms with Gasteiger partial charge in [0.1, 0.15) is 0 Å². The largest absolute Gasteiger partial charge is 0.466 e. The number of carbonyl (C=O) groups excluding carboxylic acids is 2. The predicted molar refractivity (Wildman–Crippen MR) is 108 cm³/mol. The number of amides is 1. The summed E-state index contributed by atoms with van der Waals surface area (Å²) in [5.74, 6) is -0.473. The maximum absolute atomic E-state index is 12.8. The third kappa shape index (κ3) is 3.75. The number of hydrogen-bond donors (Lipinski definition) is 1. The Hall–Kier alpha value is -3.15. The van der Waals surface area contributed by atoms with Crippen LogP contribution in [0.1, 0.15) is 30.4 Å². The van der Waals surface area contributed by atoms with Crippen molar-refractivity contribution in [3.63, 3.8) is 0 Å². The van der Waals surface area contributed by atoms with E-state index in [4.69, 9.17) is 9.57 Å². The van der Waals surface area contributed by atoms with Crippen LogP contribution in [-0.4, -0.2) is 36.8 Å². The third-order valence-corrected chi connectivity index (χ3v) is 5.69. The van der Waals surface area contributed by atoms with Crippen molar-refractivity contribution in [2.45, 2.75) is 36.7 Å². The molecule has 2 aromatic rings. The van der Waals surface area contributed by atoms with Crippen molar-refractivity contribution in [1.82, 2.24) is 5.32 Å². The van der Waals surface area contributed by atoms with Gasteiger partial charge in [0, 0.05) is 12.8 Å². The third-order valence-electron chi connectivity index (χ3n) is 5.69. The van der Waals surface area contributed by atoms with Gasteiger partial charge < -0.3 is 14.9 Å². The van der Waals surface area contributed by atoms with E-state index in [1.54, 1.807) is 0 Å². The molecule has 2 aromatic carbocycles. The minimum atomic E-state index is -1.19. The number of oxime groups is 1. The summed E-state index contributed by atoms with van der Waals surface area (Å²) in [6, 6.07) is 19.4.